The third-order valence-corrected chi connectivity index (χ3v) is 4.77. The quantitative estimate of drug-likeness (QED) is 0.384. The fourth-order valence-corrected chi connectivity index (χ4v) is 3.39. The second-order valence-corrected chi connectivity index (χ2v) is 8.80. The van der Waals surface area contributed by atoms with E-state index in [4.69, 9.17) is 0 Å². The Bertz CT molecular complexity index is 346. The Morgan fingerprint density at radius 1 is 1.08 bits per heavy atom. The third kappa shape index (κ3) is 11.5. The van der Waals surface area contributed by atoms with Crippen LogP contribution in [0.3, 0.4) is 0 Å². The molecule has 4 nitrogen and oxygen atoms in total. The maximum Gasteiger partial charge on any atom is 0.331 e. The van der Waals surface area contributed by atoms with E-state index < -0.39 is 0 Å². The van der Waals surface area contributed by atoms with Crippen LogP contribution in [0.25, 0.3) is 0 Å². The molecule has 0 heterocycles. The molecule has 0 aromatic carbocycles. The van der Waals surface area contributed by atoms with Gasteiger partial charge in [0.25, 0.3) is 0 Å². The molecule has 2 N–H and O–H groups in total. The van der Waals surface area contributed by atoms with Crippen molar-refractivity contribution >= 4 is 6.03 Å². The minimum Gasteiger partial charge on any atom is -0.323 e. The normalized spacial score (nSPS) is 16.0. The zero-order valence-electron chi connectivity index (χ0n) is 17.2. The first-order valence-corrected chi connectivity index (χ1v) is 10.6. The molecule has 0 aromatic rings. The molecule has 1 radical (unpaired) electrons. The Morgan fingerprint density at radius 3 is 2.36 bits per heavy atom. The van der Waals surface area contributed by atoms with E-state index in [0.717, 1.165) is 32.4 Å². The van der Waals surface area contributed by atoms with Gasteiger partial charge in [-0.2, -0.15) is 0 Å². The fourth-order valence-electron chi connectivity index (χ4n) is 3.39. The van der Waals surface area contributed by atoms with Crippen molar-refractivity contribution in [1.29, 1.82) is 0 Å². The number of unbranched alkanes of at least 4 members (excludes halogenated alkanes) is 6. The Labute approximate surface area is 156 Å². The average molecular weight is 353 g/mol. The average Bonchev–Trinajstić information content (AvgIpc) is 2.57. The lowest BCUT2D eigenvalue weighted by atomic mass is 9.96. The summed E-state index contributed by atoms with van der Waals surface area (Å²) >= 11 is 0. The maximum atomic E-state index is 12.6. The van der Waals surface area contributed by atoms with Gasteiger partial charge in [0.1, 0.15) is 0 Å². The predicted molar refractivity (Wildman–Crippen MR) is 107 cm³/mol. The molecule has 1 aliphatic carbocycles. The van der Waals surface area contributed by atoms with Crippen LogP contribution in [0.1, 0.15) is 98.3 Å². The number of nitrogens with zero attached hydrogens (tertiary/aromatic N) is 1. The smallest absolute Gasteiger partial charge is 0.323 e. The Balaban J connectivity index is 2.31. The number of carbonyl (C=O) groups is 1. The summed E-state index contributed by atoms with van der Waals surface area (Å²) in [5.41, 5.74) is 6.29. The van der Waals surface area contributed by atoms with E-state index >= 15 is 0 Å². The Morgan fingerprint density at radius 2 is 1.76 bits per heavy atom. The molecule has 0 aliphatic heterocycles. The predicted octanol–water partition coefficient (Wildman–Crippen LogP) is 5.45. The van der Waals surface area contributed by atoms with E-state index in [-0.39, 0.29) is 11.4 Å². The van der Waals surface area contributed by atoms with E-state index in [0.29, 0.717) is 6.04 Å². The highest BCUT2D eigenvalue weighted by Crippen LogP contribution is 2.17. The minimum atomic E-state index is 0.0277. The number of hydrogen-bond donors (Lipinski definition) is 2. The number of hydrogen-bond acceptors (Lipinski definition) is 2. The fraction of sp³-hybridized carbons (Fsp3) is 0.905. The number of nitrogens with one attached hydrogen (secondary N) is 2. The first-order chi connectivity index (χ1) is 11.9. The first kappa shape index (κ1) is 22.3. The molecule has 0 saturated heterocycles. The second kappa shape index (κ2) is 12.6. The van der Waals surface area contributed by atoms with Crippen LogP contribution in [-0.4, -0.2) is 30.1 Å². The molecule has 2 amide bonds. The highest BCUT2D eigenvalue weighted by molar-refractivity contribution is 5.73. The molecule has 1 rings (SSSR count). The highest BCUT2D eigenvalue weighted by Gasteiger charge is 2.21. The largest absolute Gasteiger partial charge is 0.331 e. The van der Waals surface area contributed by atoms with Crippen molar-refractivity contribution in [3.8, 4) is 0 Å². The molecule has 1 atom stereocenters. The minimum absolute atomic E-state index is 0.0277. The SMILES string of the molecule is CCCCCCCCCN(CC(C)(C)C)C(=O)NN[C@H]1[CH]CCCC1. The van der Waals surface area contributed by atoms with E-state index in [1.807, 2.05) is 4.90 Å². The van der Waals surface area contributed by atoms with Crippen LogP contribution in [0.15, 0.2) is 0 Å². The van der Waals surface area contributed by atoms with Crippen molar-refractivity contribution in [1.82, 2.24) is 15.8 Å². The number of amides is 2. The monoisotopic (exact) mass is 352 g/mol. The van der Waals surface area contributed by atoms with Gasteiger partial charge in [0.05, 0.1) is 0 Å². The summed E-state index contributed by atoms with van der Waals surface area (Å²) in [4.78, 5) is 14.6. The van der Waals surface area contributed by atoms with Crippen LogP contribution in [0.5, 0.6) is 0 Å². The van der Waals surface area contributed by atoms with Gasteiger partial charge in [-0.05, 0) is 31.1 Å². The van der Waals surface area contributed by atoms with Crippen molar-refractivity contribution in [2.24, 2.45) is 5.41 Å². The summed E-state index contributed by atoms with van der Waals surface area (Å²) in [6.07, 6.45) is 16.0. The van der Waals surface area contributed by atoms with Crippen LogP contribution < -0.4 is 10.9 Å². The molecule has 4 heteroatoms. The van der Waals surface area contributed by atoms with E-state index in [1.54, 1.807) is 0 Å². The maximum absolute atomic E-state index is 12.6. The molecule has 1 fully saturated rings. The van der Waals surface area contributed by atoms with Gasteiger partial charge < -0.3 is 4.90 Å². The van der Waals surface area contributed by atoms with Crippen LogP contribution in [0.4, 0.5) is 4.79 Å². The van der Waals surface area contributed by atoms with Crippen molar-refractivity contribution in [3.05, 3.63) is 6.42 Å². The topological polar surface area (TPSA) is 44.4 Å². The van der Waals surface area contributed by atoms with Crippen molar-refractivity contribution in [3.63, 3.8) is 0 Å². The van der Waals surface area contributed by atoms with Crippen LogP contribution in [0.2, 0.25) is 0 Å². The standard InChI is InChI=1S/C21H42N3O/c1-5-6-7-8-9-10-14-17-24(18-21(2,3)4)20(25)23-22-19-15-12-11-13-16-19/h15,19,22H,5-14,16-18H2,1-4H3,(H,23,25)/t19-/m0/s1. The van der Waals surface area contributed by atoms with Gasteiger partial charge in [-0.15, -0.1) is 0 Å². The molecule has 25 heavy (non-hydrogen) atoms. The van der Waals surface area contributed by atoms with Gasteiger partial charge in [-0.1, -0.05) is 79.1 Å². The van der Waals surface area contributed by atoms with Crippen molar-refractivity contribution in [2.45, 2.75) is 104 Å². The van der Waals surface area contributed by atoms with Crippen LogP contribution in [0, 0.1) is 11.8 Å². The van der Waals surface area contributed by atoms with E-state index in [9.17, 15) is 4.79 Å². The number of urea groups is 1. The van der Waals surface area contributed by atoms with Crippen LogP contribution >= 0.6 is 0 Å². The van der Waals surface area contributed by atoms with Gasteiger partial charge in [-0.25, -0.2) is 10.2 Å². The summed E-state index contributed by atoms with van der Waals surface area (Å²) in [6, 6.07) is 0.354. The lowest BCUT2D eigenvalue weighted by molar-refractivity contribution is 0.165. The first-order valence-electron chi connectivity index (χ1n) is 10.6. The molecule has 0 aromatic heterocycles. The molecular formula is C21H42N3O. The summed E-state index contributed by atoms with van der Waals surface area (Å²) in [5, 5.41) is 0. The zero-order valence-corrected chi connectivity index (χ0v) is 17.2. The molecule has 1 aliphatic rings. The molecule has 0 spiro atoms. The van der Waals surface area contributed by atoms with Gasteiger partial charge >= 0.3 is 6.03 Å². The Hall–Kier alpha value is -0.770. The second-order valence-electron chi connectivity index (χ2n) is 8.80. The summed E-state index contributed by atoms with van der Waals surface area (Å²) in [5.74, 6) is 0. The molecule has 147 valence electrons. The van der Waals surface area contributed by atoms with Crippen molar-refractivity contribution in [2.75, 3.05) is 13.1 Å². The van der Waals surface area contributed by atoms with Crippen LogP contribution in [-0.2, 0) is 0 Å². The summed E-state index contributed by atoms with van der Waals surface area (Å²) < 4.78 is 0. The highest BCUT2D eigenvalue weighted by atomic mass is 16.2. The van der Waals surface area contributed by atoms with E-state index in [2.05, 4.69) is 45.0 Å². The summed E-state index contributed by atoms with van der Waals surface area (Å²) in [7, 11) is 0. The number of carbonyl (C=O) groups excluding carboxylic acids is 1. The molecular weight excluding hydrogens is 310 g/mol. The number of hydrazine groups is 1. The van der Waals surface area contributed by atoms with Gasteiger partial charge in [0, 0.05) is 19.1 Å². The van der Waals surface area contributed by atoms with Gasteiger partial charge in [0.2, 0.25) is 0 Å². The van der Waals surface area contributed by atoms with Gasteiger partial charge in [-0.3, -0.25) is 5.43 Å². The molecule has 0 unspecified atom stereocenters. The lowest BCUT2D eigenvalue weighted by Gasteiger charge is -2.31. The zero-order chi connectivity index (χ0) is 18.5. The lowest BCUT2D eigenvalue weighted by Crippen LogP contribution is -2.52. The molecule has 1 saturated carbocycles. The van der Waals surface area contributed by atoms with Gasteiger partial charge in [0.15, 0.2) is 0 Å². The molecule has 0 bridgehead atoms. The number of rotatable bonds is 11. The Kier molecular flexibility index (Phi) is 11.2. The van der Waals surface area contributed by atoms with Crippen molar-refractivity contribution < 1.29 is 4.79 Å². The van der Waals surface area contributed by atoms with E-state index in [1.165, 1.54) is 51.4 Å². The third-order valence-electron chi connectivity index (χ3n) is 4.77. The summed E-state index contributed by atoms with van der Waals surface area (Å²) in [6.45, 7) is 10.5.